The number of nitrogens with zero attached hydrogens (tertiary/aromatic N) is 1. The summed E-state index contributed by atoms with van der Waals surface area (Å²) in [5, 5.41) is 7.45. The van der Waals surface area contributed by atoms with E-state index in [1.165, 1.54) is 37.1 Å². The molecule has 3 heteroatoms. The van der Waals surface area contributed by atoms with Gasteiger partial charge in [0.1, 0.15) is 5.84 Å². The summed E-state index contributed by atoms with van der Waals surface area (Å²) < 4.78 is 0. The minimum absolute atomic E-state index is 0.149. The highest BCUT2D eigenvalue weighted by Crippen LogP contribution is 2.19. The average molecular weight is 245 g/mol. The minimum Gasteiger partial charge on any atom is -0.384 e. The molecule has 1 aliphatic heterocycles. The summed E-state index contributed by atoms with van der Waals surface area (Å²) in [6.07, 6.45) is 2.67. The van der Waals surface area contributed by atoms with Crippen LogP contribution in [0.25, 0.3) is 0 Å². The molecular weight excluding hydrogens is 222 g/mol. The lowest BCUT2D eigenvalue weighted by Gasteiger charge is -2.31. The van der Waals surface area contributed by atoms with Crippen LogP contribution in [0.5, 0.6) is 0 Å². The second-order valence-corrected chi connectivity index (χ2v) is 5.54. The predicted octanol–water partition coefficient (Wildman–Crippen LogP) is 2.51. The molecule has 1 heterocycles. The molecule has 3 nitrogen and oxygen atoms in total. The summed E-state index contributed by atoms with van der Waals surface area (Å²) in [5.74, 6) is 0.965. The van der Waals surface area contributed by atoms with Gasteiger partial charge in [0.25, 0.3) is 0 Å². The molecule has 0 spiro atoms. The normalized spacial score (nSPS) is 20.9. The van der Waals surface area contributed by atoms with Crippen molar-refractivity contribution in [3.63, 3.8) is 0 Å². The first-order chi connectivity index (χ1) is 8.56. The maximum Gasteiger partial charge on any atom is 0.122 e. The highest BCUT2D eigenvalue weighted by molar-refractivity contribution is 5.95. The molecule has 1 aromatic rings. The topological polar surface area (TPSA) is 53.1 Å². The molecule has 0 saturated carbocycles. The molecule has 2 rings (SSSR count). The fraction of sp³-hybridized carbons (Fsp3) is 0.533. The molecule has 0 bridgehead atoms. The summed E-state index contributed by atoms with van der Waals surface area (Å²) in [5.41, 5.74) is 8.92. The molecule has 1 aliphatic rings. The molecule has 0 amide bonds. The van der Waals surface area contributed by atoms with E-state index < -0.39 is 0 Å². The maximum atomic E-state index is 7.45. The number of nitrogen functional groups attached to an aromatic ring is 1. The predicted molar refractivity (Wildman–Crippen MR) is 75.9 cm³/mol. The lowest BCUT2D eigenvalue weighted by molar-refractivity contribution is 0.176. The SMILES string of the molecule is Cc1cc(C(=N)N)ccc1CN1CCCC(C)C1. The molecule has 0 radical (unpaired) electrons. The van der Waals surface area contributed by atoms with Crippen molar-refractivity contribution in [2.75, 3.05) is 13.1 Å². The lowest BCUT2D eigenvalue weighted by atomic mass is 9.98. The van der Waals surface area contributed by atoms with E-state index in [0.29, 0.717) is 0 Å². The van der Waals surface area contributed by atoms with E-state index in [0.717, 1.165) is 18.0 Å². The second-order valence-electron chi connectivity index (χ2n) is 5.54. The molecule has 1 atom stereocenters. The number of aryl methyl sites for hydroxylation is 1. The van der Waals surface area contributed by atoms with Gasteiger partial charge in [-0.05, 0) is 49.4 Å². The maximum absolute atomic E-state index is 7.45. The molecule has 3 N–H and O–H groups in total. The van der Waals surface area contributed by atoms with Crippen molar-refractivity contribution in [2.24, 2.45) is 11.7 Å². The quantitative estimate of drug-likeness (QED) is 0.635. The van der Waals surface area contributed by atoms with E-state index in [4.69, 9.17) is 11.1 Å². The second kappa shape index (κ2) is 5.53. The van der Waals surface area contributed by atoms with Crippen molar-refractivity contribution in [1.29, 1.82) is 5.41 Å². The molecule has 1 saturated heterocycles. The van der Waals surface area contributed by atoms with Gasteiger partial charge in [-0.2, -0.15) is 0 Å². The van der Waals surface area contributed by atoms with E-state index in [-0.39, 0.29) is 5.84 Å². The van der Waals surface area contributed by atoms with Crippen molar-refractivity contribution >= 4 is 5.84 Å². The Hall–Kier alpha value is -1.35. The number of rotatable bonds is 3. The Bertz CT molecular complexity index is 439. The standard InChI is InChI=1S/C15H23N3/c1-11-4-3-7-18(9-11)10-14-6-5-13(15(16)17)8-12(14)2/h5-6,8,11H,3-4,7,9-10H2,1-2H3,(H3,16,17). The summed E-state index contributed by atoms with van der Waals surface area (Å²) >= 11 is 0. The fourth-order valence-corrected chi connectivity index (χ4v) is 2.71. The van der Waals surface area contributed by atoms with Gasteiger partial charge in [-0.25, -0.2) is 0 Å². The number of hydrogen-bond acceptors (Lipinski definition) is 2. The van der Waals surface area contributed by atoms with E-state index in [9.17, 15) is 0 Å². The minimum atomic E-state index is 0.149. The zero-order chi connectivity index (χ0) is 13.1. The van der Waals surface area contributed by atoms with Crippen LogP contribution in [0.4, 0.5) is 0 Å². The van der Waals surface area contributed by atoms with Gasteiger partial charge in [0.2, 0.25) is 0 Å². The van der Waals surface area contributed by atoms with E-state index in [2.05, 4.69) is 24.8 Å². The zero-order valence-electron chi connectivity index (χ0n) is 11.4. The van der Waals surface area contributed by atoms with Crippen LogP contribution < -0.4 is 5.73 Å². The Morgan fingerprint density at radius 1 is 1.50 bits per heavy atom. The third kappa shape index (κ3) is 3.10. The number of likely N-dealkylation sites (tertiary alicyclic amines) is 1. The Labute approximate surface area is 109 Å². The first-order valence-electron chi connectivity index (χ1n) is 6.72. The van der Waals surface area contributed by atoms with E-state index in [1.807, 2.05) is 12.1 Å². The van der Waals surface area contributed by atoms with Gasteiger partial charge in [-0.15, -0.1) is 0 Å². The van der Waals surface area contributed by atoms with Gasteiger partial charge in [0.15, 0.2) is 0 Å². The number of amidine groups is 1. The Morgan fingerprint density at radius 3 is 2.89 bits per heavy atom. The van der Waals surface area contributed by atoms with Crippen molar-refractivity contribution in [2.45, 2.75) is 33.2 Å². The molecule has 18 heavy (non-hydrogen) atoms. The number of nitrogens with one attached hydrogen (secondary N) is 1. The van der Waals surface area contributed by atoms with Crippen LogP contribution in [0, 0.1) is 18.3 Å². The Kier molecular flexibility index (Phi) is 4.02. The summed E-state index contributed by atoms with van der Waals surface area (Å²) in [7, 11) is 0. The first kappa shape index (κ1) is 13.1. The highest BCUT2D eigenvalue weighted by Gasteiger charge is 2.16. The molecular formula is C15H23N3. The number of piperidine rings is 1. The van der Waals surface area contributed by atoms with Crippen LogP contribution in [0.15, 0.2) is 18.2 Å². The van der Waals surface area contributed by atoms with Crippen LogP contribution in [0.1, 0.15) is 36.5 Å². The largest absolute Gasteiger partial charge is 0.384 e. The summed E-state index contributed by atoms with van der Waals surface area (Å²) in [6.45, 7) is 7.87. The van der Waals surface area contributed by atoms with Crippen LogP contribution in [-0.4, -0.2) is 23.8 Å². The van der Waals surface area contributed by atoms with Crippen LogP contribution in [-0.2, 0) is 6.54 Å². The Balaban J connectivity index is 2.07. The third-order valence-corrected chi connectivity index (χ3v) is 3.79. The van der Waals surface area contributed by atoms with Gasteiger partial charge in [0, 0.05) is 18.7 Å². The van der Waals surface area contributed by atoms with Crippen molar-refractivity contribution < 1.29 is 0 Å². The summed E-state index contributed by atoms with van der Waals surface area (Å²) in [4.78, 5) is 2.53. The van der Waals surface area contributed by atoms with Crippen molar-refractivity contribution in [1.82, 2.24) is 4.90 Å². The van der Waals surface area contributed by atoms with Crippen molar-refractivity contribution in [3.05, 3.63) is 34.9 Å². The van der Waals surface area contributed by atoms with Gasteiger partial charge in [-0.3, -0.25) is 10.3 Å². The van der Waals surface area contributed by atoms with Gasteiger partial charge < -0.3 is 5.73 Å². The Morgan fingerprint density at radius 2 is 2.28 bits per heavy atom. The molecule has 1 aromatic carbocycles. The number of hydrogen-bond donors (Lipinski definition) is 2. The molecule has 0 aliphatic carbocycles. The van der Waals surface area contributed by atoms with Crippen LogP contribution in [0.3, 0.4) is 0 Å². The lowest BCUT2D eigenvalue weighted by Crippen LogP contribution is -2.33. The smallest absolute Gasteiger partial charge is 0.122 e. The zero-order valence-corrected chi connectivity index (χ0v) is 11.4. The van der Waals surface area contributed by atoms with E-state index in [1.54, 1.807) is 0 Å². The summed E-state index contributed by atoms with van der Waals surface area (Å²) in [6, 6.07) is 6.09. The van der Waals surface area contributed by atoms with Gasteiger partial charge in [0.05, 0.1) is 0 Å². The molecule has 1 unspecified atom stereocenters. The van der Waals surface area contributed by atoms with Crippen LogP contribution >= 0.6 is 0 Å². The highest BCUT2D eigenvalue weighted by atomic mass is 15.1. The van der Waals surface area contributed by atoms with Gasteiger partial charge in [-0.1, -0.05) is 19.1 Å². The molecule has 0 aromatic heterocycles. The average Bonchev–Trinajstić information content (AvgIpc) is 2.31. The first-order valence-corrected chi connectivity index (χ1v) is 6.72. The van der Waals surface area contributed by atoms with Crippen molar-refractivity contribution in [3.8, 4) is 0 Å². The number of benzene rings is 1. The van der Waals surface area contributed by atoms with Gasteiger partial charge >= 0.3 is 0 Å². The number of nitrogens with two attached hydrogens (primary N) is 1. The molecule has 98 valence electrons. The monoisotopic (exact) mass is 245 g/mol. The fourth-order valence-electron chi connectivity index (χ4n) is 2.71. The molecule has 1 fully saturated rings. The van der Waals surface area contributed by atoms with Crippen LogP contribution in [0.2, 0.25) is 0 Å². The third-order valence-electron chi connectivity index (χ3n) is 3.79. The van der Waals surface area contributed by atoms with E-state index >= 15 is 0 Å².